The number of rotatable bonds is 6. The molecular weight excluding hydrogens is 342 g/mol. The lowest BCUT2D eigenvalue weighted by atomic mass is 9.99. The van der Waals surface area contributed by atoms with Gasteiger partial charge in [0, 0.05) is 44.8 Å². The zero-order valence-corrected chi connectivity index (χ0v) is 14.9. The van der Waals surface area contributed by atoms with Crippen molar-refractivity contribution in [1.82, 2.24) is 46.1 Å². The molecule has 1 saturated heterocycles. The molecule has 27 heavy (non-hydrogen) atoms. The Morgan fingerprint density at radius 3 is 1.63 bits per heavy atom. The molecule has 1 N–H and O–H groups in total. The first-order valence-corrected chi connectivity index (χ1v) is 8.88. The van der Waals surface area contributed by atoms with Gasteiger partial charge in [0.25, 0.3) is 0 Å². The lowest BCUT2D eigenvalue weighted by molar-refractivity contribution is -0.0541. The number of hydrazine groups is 2. The van der Waals surface area contributed by atoms with Crippen molar-refractivity contribution in [2.24, 2.45) is 5.92 Å². The molecule has 0 spiro atoms. The smallest absolute Gasteiger partial charge is 0.0541 e. The van der Waals surface area contributed by atoms with Gasteiger partial charge in [-0.2, -0.15) is 36.1 Å². The Labute approximate surface area is 157 Å². The Bertz CT molecular complexity index is 697. The van der Waals surface area contributed by atoms with Crippen LogP contribution in [0, 0.1) is 5.92 Å². The van der Waals surface area contributed by atoms with Gasteiger partial charge in [-0.05, 0) is 47.2 Å². The SMILES string of the molecule is c1cc(CC2CN(Cc3ccnnc3)NN(Cc3ccnnc3)C2)cnn1. The maximum absolute atomic E-state index is 4.00. The van der Waals surface area contributed by atoms with Crippen LogP contribution in [0.2, 0.25) is 0 Å². The molecule has 4 heterocycles. The summed E-state index contributed by atoms with van der Waals surface area (Å²) >= 11 is 0. The van der Waals surface area contributed by atoms with Gasteiger partial charge in [0.1, 0.15) is 0 Å². The Kier molecular flexibility index (Phi) is 5.63. The summed E-state index contributed by atoms with van der Waals surface area (Å²) in [6, 6.07) is 6.01. The van der Waals surface area contributed by atoms with Crippen LogP contribution in [-0.4, -0.2) is 53.7 Å². The number of nitrogens with one attached hydrogen (secondary N) is 1. The van der Waals surface area contributed by atoms with Gasteiger partial charge < -0.3 is 0 Å². The standard InChI is InChI=1S/C18H21N9/c1-4-19-22-8-15(1)7-18-13-26(11-16-2-5-20-23-9-16)25-27(14-18)12-17-3-6-21-24-10-17/h1-6,8-10,18,25H,7,11-14H2. The number of nitrogens with zero attached hydrogens (tertiary/aromatic N) is 8. The highest BCUT2D eigenvalue weighted by Crippen LogP contribution is 2.17. The molecule has 0 radical (unpaired) electrons. The Morgan fingerprint density at radius 2 is 1.19 bits per heavy atom. The zero-order chi connectivity index (χ0) is 18.3. The summed E-state index contributed by atoms with van der Waals surface area (Å²) in [5.41, 5.74) is 6.95. The van der Waals surface area contributed by atoms with Crippen molar-refractivity contribution in [3.63, 3.8) is 0 Å². The van der Waals surface area contributed by atoms with Crippen molar-refractivity contribution in [2.75, 3.05) is 13.1 Å². The summed E-state index contributed by atoms with van der Waals surface area (Å²) in [5, 5.41) is 28.0. The minimum Gasteiger partial charge on any atom is -0.226 e. The third-order valence-electron chi connectivity index (χ3n) is 4.45. The maximum Gasteiger partial charge on any atom is 0.0541 e. The Morgan fingerprint density at radius 1 is 0.704 bits per heavy atom. The molecule has 3 aromatic rings. The molecule has 0 amide bonds. The van der Waals surface area contributed by atoms with Gasteiger partial charge in [0.15, 0.2) is 0 Å². The van der Waals surface area contributed by atoms with Crippen LogP contribution in [0.1, 0.15) is 16.7 Å². The number of aromatic nitrogens is 6. The Balaban J connectivity index is 1.47. The summed E-state index contributed by atoms with van der Waals surface area (Å²) in [7, 11) is 0. The molecule has 1 aliphatic heterocycles. The molecule has 138 valence electrons. The third kappa shape index (κ3) is 5.07. The molecule has 9 nitrogen and oxygen atoms in total. The average molecular weight is 363 g/mol. The quantitative estimate of drug-likeness (QED) is 0.677. The fourth-order valence-corrected chi connectivity index (χ4v) is 3.33. The summed E-state index contributed by atoms with van der Waals surface area (Å²) < 4.78 is 0. The lowest BCUT2D eigenvalue weighted by Gasteiger charge is -2.41. The Hall–Kier alpha value is -2.88. The molecule has 0 aromatic carbocycles. The van der Waals surface area contributed by atoms with E-state index in [0.717, 1.165) is 43.7 Å². The van der Waals surface area contributed by atoms with Crippen LogP contribution in [0.25, 0.3) is 0 Å². The topological polar surface area (TPSA) is 95.9 Å². The minimum absolute atomic E-state index is 0.458. The van der Waals surface area contributed by atoms with E-state index in [9.17, 15) is 0 Å². The molecule has 0 saturated carbocycles. The van der Waals surface area contributed by atoms with Crippen LogP contribution in [0.5, 0.6) is 0 Å². The first-order chi connectivity index (χ1) is 13.3. The molecule has 4 rings (SSSR count). The van der Waals surface area contributed by atoms with E-state index < -0.39 is 0 Å². The predicted molar refractivity (Wildman–Crippen MR) is 97.2 cm³/mol. The lowest BCUT2D eigenvalue weighted by Crippen LogP contribution is -2.58. The molecule has 9 heteroatoms. The van der Waals surface area contributed by atoms with E-state index in [2.05, 4.69) is 46.1 Å². The molecule has 0 unspecified atom stereocenters. The van der Waals surface area contributed by atoms with Crippen LogP contribution in [0.4, 0.5) is 0 Å². The highest BCUT2D eigenvalue weighted by molar-refractivity contribution is 5.09. The van der Waals surface area contributed by atoms with E-state index in [4.69, 9.17) is 0 Å². The van der Waals surface area contributed by atoms with E-state index in [1.54, 1.807) is 31.0 Å². The van der Waals surface area contributed by atoms with Crippen LogP contribution < -0.4 is 5.53 Å². The van der Waals surface area contributed by atoms with Crippen molar-refractivity contribution in [1.29, 1.82) is 0 Å². The summed E-state index contributed by atoms with van der Waals surface area (Å²) in [6.45, 7) is 3.36. The molecule has 3 aromatic heterocycles. The maximum atomic E-state index is 4.00. The second-order valence-corrected chi connectivity index (χ2v) is 6.68. The second-order valence-electron chi connectivity index (χ2n) is 6.68. The first kappa shape index (κ1) is 17.5. The van der Waals surface area contributed by atoms with E-state index in [1.165, 1.54) is 5.56 Å². The van der Waals surface area contributed by atoms with Gasteiger partial charge in [0.05, 0.1) is 18.6 Å². The largest absolute Gasteiger partial charge is 0.226 e. The van der Waals surface area contributed by atoms with Crippen LogP contribution >= 0.6 is 0 Å². The van der Waals surface area contributed by atoms with Crippen molar-refractivity contribution >= 4 is 0 Å². The monoisotopic (exact) mass is 363 g/mol. The number of hydrogen-bond donors (Lipinski definition) is 1. The van der Waals surface area contributed by atoms with E-state index in [-0.39, 0.29) is 0 Å². The summed E-state index contributed by atoms with van der Waals surface area (Å²) in [4.78, 5) is 0. The van der Waals surface area contributed by atoms with E-state index in [0.29, 0.717) is 5.92 Å². The molecule has 0 bridgehead atoms. The number of hydrogen-bond acceptors (Lipinski definition) is 9. The highest BCUT2D eigenvalue weighted by atomic mass is 15.8. The first-order valence-electron chi connectivity index (χ1n) is 8.88. The molecule has 1 fully saturated rings. The van der Waals surface area contributed by atoms with Crippen molar-refractivity contribution < 1.29 is 0 Å². The van der Waals surface area contributed by atoms with Gasteiger partial charge in [-0.15, -0.1) is 0 Å². The normalized spacial score (nSPS) is 16.4. The highest BCUT2D eigenvalue weighted by Gasteiger charge is 2.26. The van der Waals surface area contributed by atoms with Crippen LogP contribution in [0.3, 0.4) is 0 Å². The molecule has 0 aliphatic carbocycles. The molecule has 0 atom stereocenters. The van der Waals surface area contributed by atoms with Gasteiger partial charge in [0.2, 0.25) is 0 Å². The molecular formula is C18H21N9. The van der Waals surface area contributed by atoms with Crippen LogP contribution in [-0.2, 0) is 19.5 Å². The fourth-order valence-electron chi connectivity index (χ4n) is 3.33. The third-order valence-corrected chi connectivity index (χ3v) is 4.45. The van der Waals surface area contributed by atoms with E-state index in [1.807, 2.05) is 24.4 Å². The van der Waals surface area contributed by atoms with E-state index >= 15 is 0 Å². The van der Waals surface area contributed by atoms with Crippen molar-refractivity contribution in [3.8, 4) is 0 Å². The van der Waals surface area contributed by atoms with Crippen molar-refractivity contribution in [3.05, 3.63) is 72.1 Å². The zero-order valence-electron chi connectivity index (χ0n) is 14.9. The van der Waals surface area contributed by atoms with Crippen molar-refractivity contribution in [2.45, 2.75) is 19.5 Å². The second kappa shape index (κ2) is 8.67. The minimum atomic E-state index is 0.458. The van der Waals surface area contributed by atoms with Gasteiger partial charge in [-0.3, -0.25) is 0 Å². The van der Waals surface area contributed by atoms with Gasteiger partial charge in [-0.1, -0.05) is 0 Å². The van der Waals surface area contributed by atoms with Gasteiger partial charge in [-0.25, -0.2) is 10.0 Å². The summed E-state index contributed by atoms with van der Waals surface area (Å²) in [5.74, 6) is 0.458. The molecule has 1 aliphatic rings. The van der Waals surface area contributed by atoms with Crippen LogP contribution in [0.15, 0.2) is 55.4 Å². The predicted octanol–water partition coefficient (Wildman–Crippen LogP) is 0.653. The average Bonchev–Trinajstić information content (AvgIpc) is 2.70. The fraction of sp³-hybridized carbons (Fsp3) is 0.333. The van der Waals surface area contributed by atoms with Gasteiger partial charge >= 0.3 is 0 Å². The summed E-state index contributed by atoms with van der Waals surface area (Å²) in [6.07, 6.45) is 11.6.